The van der Waals surface area contributed by atoms with Gasteiger partial charge in [-0.1, -0.05) is 18.2 Å². The zero-order valence-electron chi connectivity index (χ0n) is 16.4. The van der Waals surface area contributed by atoms with Gasteiger partial charge in [0.05, 0.1) is 11.5 Å². The number of thiophene rings is 1. The minimum absolute atomic E-state index is 0.0254. The quantitative estimate of drug-likeness (QED) is 0.647. The van der Waals surface area contributed by atoms with E-state index in [4.69, 9.17) is 4.74 Å². The maximum Gasteiger partial charge on any atom is 0.264 e. The van der Waals surface area contributed by atoms with Crippen molar-refractivity contribution in [3.8, 4) is 5.75 Å². The van der Waals surface area contributed by atoms with Crippen LogP contribution in [0.25, 0.3) is 10.1 Å². The molecule has 0 aliphatic carbocycles. The number of aryl methyl sites for hydroxylation is 1. The van der Waals surface area contributed by atoms with E-state index < -0.39 is 0 Å². The Balaban J connectivity index is 1.25. The summed E-state index contributed by atoms with van der Waals surface area (Å²) in [4.78, 5) is 18.0. The highest BCUT2D eigenvalue weighted by Crippen LogP contribution is 2.33. The van der Waals surface area contributed by atoms with Crippen LogP contribution in [0.15, 0.2) is 36.4 Å². The molecule has 1 aromatic heterocycles. The van der Waals surface area contributed by atoms with Crippen molar-refractivity contribution in [1.82, 2.24) is 9.80 Å². The second kappa shape index (κ2) is 7.43. The first-order chi connectivity index (χ1) is 14.1. The van der Waals surface area contributed by atoms with Gasteiger partial charge < -0.3 is 9.64 Å². The smallest absolute Gasteiger partial charge is 0.264 e. The van der Waals surface area contributed by atoms with Gasteiger partial charge in [0.2, 0.25) is 0 Å². The second-order valence-corrected chi connectivity index (χ2v) is 8.83. The molecule has 0 bridgehead atoms. The third-order valence-electron chi connectivity index (χ3n) is 5.92. The molecule has 3 heterocycles. The van der Waals surface area contributed by atoms with Gasteiger partial charge in [-0.15, -0.1) is 11.3 Å². The summed E-state index contributed by atoms with van der Waals surface area (Å²) in [7, 11) is 0. The fourth-order valence-corrected chi connectivity index (χ4v) is 5.50. The highest BCUT2D eigenvalue weighted by molar-refractivity contribution is 7.21. The summed E-state index contributed by atoms with van der Waals surface area (Å²) in [6.07, 6.45) is 0.987. The van der Waals surface area contributed by atoms with Crippen LogP contribution in [0.2, 0.25) is 0 Å². The van der Waals surface area contributed by atoms with Crippen molar-refractivity contribution in [3.05, 3.63) is 63.8 Å². The fraction of sp³-hybridized carbons (Fsp3) is 0.348. The van der Waals surface area contributed by atoms with Crippen LogP contribution in [0.4, 0.5) is 4.39 Å². The van der Waals surface area contributed by atoms with E-state index in [2.05, 4.69) is 23.1 Å². The van der Waals surface area contributed by atoms with Crippen LogP contribution in [0.5, 0.6) is 5.75 Å². The van der Waals surface area contributed by atoms with Crippen LogP contribution >= 0.6 is 11.3 Å². The first-order valence-corrected chi connectivity index (χ1v) is 10.9. The number of piperazine rings is 1. The summed E-state index contributed by atoms with van der Waals surface area (Å²) in [6.45, 7) is 6.60. The van der Waals surface area contributed by atoms with Crippen molar-refractivity contribution >= 4 is 27.3 Å². The maximum absolute atomic E-state index is 14.2. The summed E-state index contributed by atoms with van der Waals surface area (Å²) >= 11 is 1.40. The van der Waals surface area contributed by atoms with Gasteiger partial charge in [0, 0.05) is 49.2 Å². The topological polar surface area (TPSA) is 32.8 Å². The van der Waals surface area contributed by atoms with Crippen molar-refractivity contribution in [1.29, 1.82) is 0 Å². The van der Waals surface area contributed by atoms with Crippen molar-refractivity contribution in [2.45, 2.75) is 19.9 Å². The molecule has 3 aromatic rings. The van der Waals surface area contributed by atoms with E-state index in [9.17, 15) is 9.18 Å². The van der Waals surface area contributed by atoms with E-state index in [-0.39, 0.29) is 11.7 Å². The molecule has 150 valence electrons. The van der Waals surface area contributed by atoms with Crippen LogP contribution in [-0.2, 0) is 13.0 Å². The van der Waals surface area contributed by atoms with Crippen LogP contribution in [0.1, 0.15) is 26.4 Å². The first-order valence-electron chi connectivity index (χ1n) is 10.0. The lowest BCUT2D eigenvalue weighted by Crippen LogP contribution is -2.48. The molecule has 2 aromatic carbocycles. The average Bonchev–Trinajstić information content (AvgIpc) is 3.33. The number of carbonyl (C=O) groups excluding carboxylic acids is 1. The number of hydrogen-bond donors (Lipinski definition) is 0. The number of halogens is 1. The highest BCUT2D eigenvalue weighted by atomic mass is 32.1. The predicted molar refractivity (Wildman–Crippen MR) is 113 cm³/mol. The maximum atomic E-state index is 14.2. The number of fused-ring (bicyclic) bond motifs is 2. The molecule has 0 radical (unpaired) electrons. The van der Waals surface area contributed by atoms with Gasteiger partial charge in [0.15, 0.2) is 0 Å². The van der Waals surface area contributed by atoms with Crippen molar-refractivity contribution in [2.75, 3.05) is 32.8 Å². The normalized spacial score (nSPS) is 16.8. The Bertz CT molecular complexity index is 1090. The number of ether oxygens (including phenoxy) is 1. The molecular weight excluding hydrogens is 387 g/mol. The SMILES string of the molecule is Cc1c(C(=O)N2CCN(Cc3ccc4c(c3)CCO4)CC2)sc2cccc(F)c12. The lowest BCUT2D eigenvalue weighted by Gasteiger charge is -2.34. The lowest BCUT2D eigenvalue weighted by atomic mass is 10.1. The molecule has 0 unspecified atom stereocenters. The number of carbonyl (C=O) groups is 1. The lowest BCUT2D eigenvalue weighted by molar-refractivity contribution is 0.0632. The molecule has 2 aliphatic rings. The van der Waals surface area contributed by atoms with Crippen LogP contribution in [0, 0.1) is 12.7 Å². The van der Waals surface area contributed by atoms with Gasteiger partial charge >= 0.3 is 0 Å². The summed E-state index contributed by atoms with van der Waals surface area (Å²) in [5.74, 6) is 0.789. The first kappa shape index (κ1) is 18.6. The van der Waals surface area contributed by atoms with E-state index in [0.717, 1.165) is 48.7 Å². The van der Waals surface area contributed by atoms with Crippen LogP contribution < -0.4 is 4.74 Å². The molecule has 2 aliphatic heterocycles. The minimum Gasteiger partial charge on any atom is -0.493 e. The Morgan fingerprint density at radius 1 is 1.17 bits per heavy atom. The summed E-state index contributed by atoms with van der Waals surface area (Å²) in [6, 6.07) is 11.5. The molecule has 1 fully saturated rings. The Morgan fingerprint density at radius 2 is 2.00 bits per heavy atom. The number of nitrogens with zero attached hydrogens (tertiary/aromatic N) is 2. The van der Waals surface area contributed by atoms with Crippen molar-refractivity contribution in [3.63, 3.8) is 0 Å². The molecular formula is C23H23FN2O2S. The molecule has 1 amide bonds. The third kappa shape index (κ3) is 3.40. The van der Waals surface area contributed by atoms with Crippen LogP contribution in [-0.4, -0.2) is 48.5 Å². The Hall–Kier alpha value is -2.44. The van der Waals surface area contributed by atoms with E-state index in [0.29, 0.717) is 23.4 Å². The molecule has 0 atom stereocenters. The van der Waals surface area contributed by atoms with Gasteiger partial charge in [-0.2, -0.15) is 0 Å². The van der Waals surface area contributed by atoms with E-state index in [1.807, 2.05) is 17.9 Å². The van der Waals surface area contributed by atoms with E-state index in [1.165, 1.54) is 28.5 Å². The number of amides is 1. The van der Waals surface area contributed by atoms with Gasteiger partial charge in [-0.3, -0.25) is 9.69 Å². The van der Waals surface area contributed by atoms with Gasteiger partial charge in [-0.05, 0) is 41.8 Å². The Labute approximate surface area is 173 Å². The van der Waals surface area contributed by atoms with E-state index >= 15 is 0 Å². The number of benzene rings is 2. The molecule has 4 nitrogen and oxygen atoms in total. The van der Waals surface area contributed by atoms with E-state index in [1.54, 1.807) is 6.07 Å². The average molecular weight is 411 g/mol. The van der Waals surface area contributed by atoms with Crippen molar-refractivity contribution < 1.29 is 13.9 Å². The highest BCUT2D eigenvalue weighted by Gasteiger charge is 2.26. The van der Waals surface area contributed by atoms with Gasteiger partial charge in [-0.25, -0.2) is 4.39 Å². The number of hydrogen-bond acceptors (Lipinski definition) is 4. The van der Waals surface area contributed by atoms with Crippen molar-refractivity contribution in [2.24, 2.45) is 0 Å². The van der Waals surface area contributed by atoms with Crippen LogP contribution in [0.3, 0.4) is 0 Å². The largest absolute Gasteiger partial charge is 0.493 e. The Morgan fingerprint density at radius 3 is 2.79 bits per heavy atom. The Kier molecular flexibility index (Phi) is 4.76. The van der Waals surface area contributed by atoms with Gasteiger partial charge in [0.1, 0.15) is 11.6 Å². The standard InChI is InChI=1S/C23H23FN2O2S/c1-15-21-18(24)3-2-4-20(21)29-22(15)23(27)26-10-8-25(9-11-26)14-16-5-6-19-17(13-16)7-12-28-19/h2-6,13H,7-12,14H2,1H3. The second-order valence-electron chi connectivity index (χ2n) is 7.78. The molecule has 5 rings (SSSR count). The fourth-order valence-electron chi connectivity index (χ4n) is 4.31. The van der Waals surface area contributed by atoms with Gasteiger partial charge in [0.25, 0.3) is 5.91 Å². The zero-order valence-corrected chi connectivity index (χ0v) is 17.2. The molecule has 1 saturated heterocycles. The summed E-state index contributed by atoms with van der Waals surface area (Å²) < 4.78 is 20.6. The summed E-state index contributed by atoms with van der Waals surface area (Å²) in [5.41, 5.74) is 3.35. The third-order valence-corrected chi connectivity index (χ3v) is 7.16. The predicted octanol–water partition coefficient (Wildman–Crippen LogP) is 4.24. The molecule has 29 heavy (non-hydrogen) atoms. The molecule has 0 spiro atoms. The minimum atomic E-state index is -0.250. The molecule has 0 N–H and O–H groups in total. The zero-order chi connectivity index (χ0) is 20.0. The summed E-state index contributed by atoms with van der Waals surface area (Å²) in [5, 5.41) is 0.583. The monoisotopic (exact) mass is 410 g/mol. The molecule has 6 heteroatoms. The number of rotatable bonds is 3. The molecule has 0 saturated carbocycles.